The first-order valence-electron chi connectivity index (χ1n) is 6.59. The van der Waals surface area contributed by atoms with Crippen LogP contribution in [0.3, 0.4) is 0 Å². The van der Waals surface area contributed by atoms with Crippen molar-refractivity contribution < 1.29 is 19.1 Å². The van der Waals surface area contributed by atoms with Crippen molar-refractivity contribution >= 4 is 5.78 Å². The SMILES string of the molecule is CC1=CC(=O)c2c(C)coc2C2OC2(C)CCC1O. The van der Waals surface area contributed by atoms with Gasteiger partial charge in [-0.1, -0.05) is 0 Å². The minimum absolute atomic E-state index is 0.113. The zero-order chi connectivity index (χ0) is 13.8. The fourth-order valence-corrected chi connectivity index (χ4v) is 2.75. The summed E-state index contributed by atoms with van der Waals surface area (Å²) in [6.07, 6.45) is 3.70. The number of fused-ring (bicyclic) bond motifs is 3. The van der Waals surface area contributed by atoms with Gasteiger partial charge in [0, 0.05) is 0 Å². The molecule has 2 aliphatic rings. The molecule has 1 fully saturated rings. The summed E-state index contributed by atoms with van der Waals surface area (Å²) in [4.78, 5) is 12.3. The molecule has 4 heteroatoms. The highest BCUT2D eigenvalue weighted by Gasteiger charge is 2.56. The van der Waals surface area contributed by atoms with E-state index in [1.165, 1.54) is 6.08 Å². The lowest BCUT2D eigenvalue weighted by Gasteiger charge is -2.14. The van der Waals surface area contributed by atoms with Gasteiger partial charge in [0.15, 0.2) is 5.78 Å². The molecule has 1 aliphatic carbocycles. The van der Waals surface area contributed by atoms with Gasteiger partial charge in [-0.3, -0.25) is 4.79 Å². The molecule has 0 saturated carbocycles. The summed E-state index contributed by atoms with van der Waals surface area (Å²) >= 11 is 0. The van der Waals surface area contributed by atoms with Gasteiger partial charge in [0.2, 0.25) is 0 Å². The molecular weight excluding hydrogens is 244 g/mol. The Balaban J connectivity index is 2.09. The number of aliphatic hydroxyl groups excluding tert-OH is 1. The minimum atomic E-state index is -0.584. The minimum Gasteiger partial charge on any atom is -0.465 e. The van der Waals surface area contributed by atoms with Crippen LogP contribution in [0.1, 0.15) is 54.5 Å². The van der Waals surface area contributed by atoms with E-state index in [2.05, 4.69) is 0 Å². The summed E-state index contributed by atoms with van der Waals surface area (Å²) in [6, 6.07) is 0. The van der Waals surface area contributed by atoms with Gasteiger partial charge in [0.05, 0.1) is 17.9 Å². The number of carbonyl (C=O) groups excluding carboxylic acids is 1. The molecule has 1 N–H and O–H groups in total. The molecular formula is C15H18O4. The van der Waals surface area contributed by atoms with Gasteiger partial charge in [-0.25, -0.2) is 0 Å². The highest BCUT2D eigenvalue weighted by Crippen LogP contribution is 2.54. The lowest BCUT2D eigenvalue weighted by Crippen LogP contribution is -2.17. The van der Waals surface area contributed by atoms with Gasteiger partial charge in [-0.2, -0.15) is 0 Å². The van der Waals surface area contributed by atoms with Gasteiger partial charge in [0.25, 0.3) is 0 Å². The molecule has 19 heavy (non-hydrogen) atoms. The molecule has 1 aliphatic heterocycles. The predicted octanol–water partition coefficient (Wildman–Crippen LogP) is 2.70. The van der Waals surface area contributed by atoms with Gasteiger partial charge < -0.3 is 14.3 Å². The van der Waals surface area contributed by atoms with Crippen LogP contribution in [0.2, 0.25) is 0 Å². The largest absolute Gasteiger partial charge is 0.465 e. The molecule has 3 unspecified atom stereocenters. The van der Waals surface area contributed by atoms with Crippen molar-refractivity contribution in [3.63, 3.8) is 0 Å². The molecule has 1 aromatic heterocycles. The van der Waals surface area contributed by atoms with Crippen molar-refractivity contribution in [2.45, 2.75) is 51.4 Å². The van der Waals surface area contributed by atoms with E-state index in [9.17, 15) is 9.90 Å². The van der Waals surface area contributed by atoms with Crippen molar-refractivity contribution in [2.24, 2.45) is 0 Å². The van der Waals surface area contributed by atoms with Crippen LogP contribution in [-0.4, -0.2) is 22.6 Å². The van der Waals surface area contributed by atoms with Crippen LogP contribution in [0.25, 0.3) is 0 Å². The van der Waals surface area contributed by atoms with Crippen LogP contribution in [0.15, 0.2) is 22.3 Å². The molecule has 4 nitrogen and oxygen atoms in total. The fourth-order valence-electron chi connectivity index (χ4n) is 2.75. The molecule has 0 spiro atoms. The number of rotatable bonds is 0. The van der Waals surface area contributed by atoms with E-state index < -0.39 is 6.10 Å². The molecule has 0 radical (unpaired) electrons. The van der Waals surface area contributed by atoms with E-state index in [1.54, 1.807) is 13.2 Å². The van der Waals surface area contributed by atoms with Crippen LogP contribution in [0, 0.1) is 6.92 Å². The van der Waals surface area contributed by atoms with Crippen molar-refractivity contribution in [2.75, 3.05) is 0 Å². The number of hydrogen-bond acceptors (Lipinski definition) is 4. The van der Waals surface area contributed by atoms with Crippen LogP contribution in [0.4, 0.5) is 0 Å². The molecule has 1 aromatic rings. The van der Waals surface area contributed by atoms with E-state index in [0.29, 0.717) is 23.3 Å². The monoisotopic (exact) mass is 262 g/mol. The van der Waals surface area contributed by atoms with Crippen molar-refractivity contribution in [1.29, 1.82) is 0 Å². The van der Waals surface area contributed by atoms with Crippen molar-refractivity contribution in [1.82, 2.24) is 0 Å². The summed E-state index contributed by atoms with van der Waals surface area (Å²) in [5.41, 5.74) is 1.77. The Morgan fingerprint density at radius 1 is 1.42 bits per heavy atom. The van der Waals surface area contributed by atoms with E-state index in [1.807, 2.05) is 13.8 Å². The zero-order valence-corrected chi connectivity index (χ0v) is 11.4. The molecule has 0 aromatic carbocycles. The summed E-state index contributed by atoms with van der Waals surface area (Å²) < 4.78 is 11.3. The Kier molecular flexibility index (Phi) is 2.69. The maximum Gasteiger partial charge on any atom is 0.189 e. The van der Waals surface area contributed by atoms with Crippen LogP contribution >= 0.6 is 0 Å². The van der Waals surface area contributed by atoms with Crippen molar-refractivity contribution in [3.8, 4) is 0 Å². The number of epoxide rings is 1. The third-order valence-corrected chi connectivity index (χ3v) is 4.17. The number of carbonyl (C=O) groups is 1. The predicted molar refractivity (Wildman–Crippen MR) is 69.0 cm³/mol. The molecule has 3 rings (SSSR count). The number of ketones is 1. The van der Waals surface area contributed by atoms with E-state index in [4.69, 9.17) is 9.15 Å². The number of ether oxygens (including phenoxy) is 1. The Hall–Kier alpha value is -1.39. The number of allylic oxidation sites excluding steroid dienone is 1. The van der Waals surface area contributed by atoms with E-state index in [0.717, 1.165) is 12.0 Å². The second kappa shape index (κ2) is 4.05. The number of furan rings is 1. The number of hydrogen-bond donors (Lipinski definition) is 1. The smallest absolute Gasteiger partial charge is 0.189 e. The summed E-state index contributed by atoms with van der Waals surface area (Å²) in [7, 11) is 0. The van der Waals surface area contributed by atoms with Gasteiger partial charge in [-0.05, 0) is 50.8 Å². The molecule has 0 bridgehead atoms. The van der Waals surface area contributed by atoms with Crippen molar-refractivity contribution in [3.05, 3.63) is 34.8 Å². The highest BCUT2D eigenvalue weighted by molar-refractivity contribution is 6.07. The third-order valence-electron chi connectivity index (χ3n) is 4.17. The quantitative estimate of drug-likeness (QED) is 0.730. The first kappa shape index (κ1) is 12.6. The maximum absolute atomic E-state index is 12.3. The molecule has 0 amide bonds. The first-order chi connectivity index (χ1) is 8.92. The van der Waals surface area contributed by atoms with Gasteiger partial charge >= 0.3 is 0 Å². The molecule has 1 saturated heterocycles. The summed E-state index contributed by atoms with van der Waals surface area (Å²) in [6.45, 7) is 5.63. The second-order valence-corrected chi connectivity index (χ2v) is 5.78. The Bertz CT molecular complexity index is 569. The van der Waals surface area contributed by atoms with Crippen LogP contribution in [0.5, 0.6) is 0 Å². The molecule has 2 heterocycles. The third kappa shape index (κ3) is 1.95. The van der Waals surface area contributed by atoms with E-state index in [-0.39, 0.29) is 17.5 Å². The molecule has 102 valence electrons. The Morgan fingerprint density at radius 2 is 2.16 bits per heavy atom. The first-order valence-corrected chi connectivity index (χ1v) is 6.59. The van der Waals surface area contributed by atoms with Gasteiger partial charge in [0.1, 0.15) is 17.5 Å². The van der Waals surface area contributed by atoms with Gasteiger partial charge in [-0.15, -0.1) is 0 Å². The Labute approximate surface area is 112 Å². The lowest BCUT2D eigenvalue weighted by molar-refractivity contribution is 0.103. The number of aliphatic hydroxyl groups is 1. The van der Waals surface area contributed by atoms with E-state index >= 15 is 0 Å². The lowest BCUT2D eigenvalue weighted by atomic mass is 9.91. The molecule has 3 atom stereocenters. The number of aryl methyl sites for hydroxylation is 1. The highest BCUT2D eigenvalue weighted by atomic mass is 16.6. The zero-order valence-electron chi connectivity index (χ0n) is 11.4. The normalized spacial score (nSPS) is 34.3. The van der Waals surface area contributed by atoms with Crippen LogP contribution < -0.4 is 0 Å². The average molecular weight is 262 g/mol. The fraction of sp³-hybridized carbons (Fsp3) is 0.533. The topological polar surface area (TPSA) is 63.0 Å². The average Bonchev–Trinajstić information content (AvgIpc) is 2.86. The Morgan fingerprint density at radius 3 is 2.89 bits per heavy atom. The second-order valence-electron chi connectivity index (χ2n) is 5.78. The van der Waals surface area contributed by atoms with Crippen LogP contribution in [-0.2, 0) is 4.74 Å². The summed E-state index contributed by atoms with van der Waals surface area (Å²) in [5.74, 6) is 0.517. The maximum atomic E-state index is 12.3. The standard InChI is InChI=1S/C15H18O4/c1-8-6-11(17)12-9(2)7-18-13(12)14-15(3,19-14)5-4-10(8)16/h6-7,10,14,16H,4-5H2,1-3H3. The summed E-state index contributed by atoms with van der Waals surface area (Å²) in [5, 5.41) is 10.0.